The summed E-state index contributed by atoms with van der Waals surface area (Å²) in [5.41, 5.74) is 1.89. The average Bonchev–Trinajstić information content (AvgIpc) is 2.72. The van der Waals surface area contributed by atoms with E-state index in [0.29, 0.717) is 22.0 Å². The van der Waals surface area contributed by atoms with Gasteiger partial charge in [0.05, 0.1) is 7.11 Å². The van der Waals surface area contributed by atoms with Gasteiger partial charge in [0.2, 0.25) is 5.91 Å². The van der Waals surface area contributed by atoms with Gasteiger partial charge in [-0.05, 0) is 36.2 Å². The quantitative estimate of drug-likeness (QED) is 0.452. The molecule has 3 aromatic rings. The van der Waals surface area contributed by atoms with Gasteiger partial charge in [-0.1, -0.05) is 60.1 Å². The standard InChI is InChI=1S/C23H20ClNO3/c1-28-20-12-6-11-19(15-20)25-23(27)21(14-16-7-5-10-18(24)13-16)22(26)17-8-3-2-4-9-17/h2-13,15,21H,14H2,1H3,(H,25,27). The van der Waals surface area contributed by atoms with Gasteiger partial charge >= 0.3 is 0 Å². The van der Waals surface area contributed by atoms with E-state index < -0.39 is 5.92 Å². The largest absolute Gasteiger partial charge is 0.497 e. The maximum Gasteiger partial charge on any atom is 0.235 e. The van der Waals surface area contributed by atoms with Crippen LogP contribution in [0.2, 0.25) is 5.02 Å². The van der Waals surface area contributed by atoms with Crippen LogP contribution in [-0.4, -0.2) is 18.8 Å². The van der Waals surface area contributed by atoms with Crippen LogP contribution >= 0.6 is 11.6 Å². The predicted molar refractivity (Wildman–Crippen MR) is 111 cm³/mol. The van der Waals surface area contributed by atoms with Gasteiger partial charge in [0.25, 0.3) is 0 Å². The number of ketones is 1. The first-order valence-corrected chi connectivity index (χ1v) is 9.23. The fourth-order valence-electron chi connectivity index (χ4n) is 2.94. The minimum atomic E-state index is -0.882. The van der Waals surface area contributed by atoms with Crippen LogP contribution in [0, 0.1) is 5.92 Å². The van der Waals surface area contributed by atoms with Gasteiger partial charge in [0.1, 0.15) is 11.7 Å². The van der Waals surface area contributed by atoms with Crippen LogP contribution in [0.5, 0.6) is 5.75 Å². The van der Waals surface area contributed by atoms with Crippen LogP contribution in [0.15, 0.2) is 78.9 Å². The monoisotopic (exact) mass is 393 g/mol. The van der Waals surface area contributed by atoms with Gasteiger partial charge in [0, 0.05) is 22.3 Å². The van der Waals surface area contributed by atoms with Crippen LogP contribution in [0.4, 0.5) is 5.69 Å². The lowest BCUT2D eigenvalue weighted by molar-refractivity contribution is -0.118. The fraction of sp³-hybridized carbons (Fsp3) is 0.130. The summed E-state index contributed by atoms with van der Waals surface area (Å²) in [4.78, 5) is 26.1. The van der Waals surface area contributed by atoms with Gasteiger partial charge in [-0.25, -0.2) is 0 Å². The summed E-state index contributed by atoms with van der Waals surface area (Å²) in [6, 6.07) is 23.0. The third-order valence-electron chi connectivity index (χ3n) is 4.36. The molecule has 0 aliphatic rings. The SMILES string of the molecule is COc1cccc(NC(=O)C(Cc2cccc(Cl)c2)C(=O)c2ccccc2)c1. The average molecular weight is 394 g/mol. The minimum Gasteiger partial charge on any atom is -0.497 e. The third-order valence-corrected chi connectivity index (χ3v) is 4.59. The number of Topliss-reactive ketones (excluding diaryl/α,β-unsaturated/α-hetero) is 1. The molecule has 0 saturated carbocycles. The number of amides is 1. The maximum absolute atomic E-state index is 13.1. The summed E-state index contributed by atoms with van der Waals surface area (Å²) in [6.07, 6.45) is 0.254. The lowest BCUT2D eigenvalue weighted by Crippen LogP contribution is -2.31. The first-order valence-electron chi connectivity index (χ1n) is 8.85. The Balaban J connectivity index is 1.88. The molecular weight excluding hydrogens is 374 g/mol. The number of nitrogens with one attached hydrogen (secondary N) is 1. The van der Waals surface area contributed by atoms with Gasteiger partial charge in [-0.15, -0.1) is 0 Å². The molecule has 0 spiro atoms. The third kappa shape index (κ3) is 4.99. The zero-order chi connectivity index (χ0) is 19.9. The number of benzene rings is 3. The topological polar surface area (TPSA) is 55.4 Å². The van der Waals surface area contributed by atoms with Crippen molar-refractivity contribution in [1.82, 2.24) is 0 Å². The Bertz CT molecular complexity index is 972. The lowest BCUT2D eigenvalue weighted by atomic mass is 9.90. The van der Waals surface area contributed by atoms with Crippen molar-refractivity contribution in [2.24, 2.45) is 5.92 Å². The summed E-state index contributed by atoms with van der Waals surface area (Å²) in [7, 11) is 1.56. The number of carbonyl (C=O) groups is 2. The summed E-state index contributed by atoms with van der Waals surface area (Å²) in [5.74, 6) is -0.867. The molecule has 3 rings (SSSR count). The van der Waals surface area contributed by atoms with Crippen molar-refractivity contribution in [3.63, 3.8) is 0 Å². The van der Waals surface area contributed by atoms with E-state index in [1.54, 1.807) is 67.8 Å². The van der Waals surface area contributed by atoms with E-state index in [1.165, 1.54) is 0 Å². The number of carbonyl (C=O) groups excluding carboxylic acids is 2. The Labute approximate surface area is 169 Å². The number of rotatable bonds is 7. The van der Waals surface area contributed by atoms with Crippen molar-refractivity contribution in [1.29, 1.82) is 0 Å². The van der Waals surface area contributed by atoms with E-state index >= 15 is 0 Å². The van der Waals surface area contributed by atoms with Crippen LogP contribution in [0.1, 0.15) is 15.9 Å². The molecule has 1 amide bonds. The summed E-state index contributed by atoms with van der Waals surface area (Å²) < 4.78 is 5.19. The second-order valence-electron chi connectivity index (χ2n) is 6.34. The van der Waals surface area contributed by atoms with Gasteiger partial charge in [-0.2, -0.15) is 0 Å². The van der Waals surface area contributed by atoms with E-state index in [9.17, 15) is 9.59 Å². The number of methoxy groups -OCH3 is 1. The zero-order valence-electron chi connectivity index (χ0n) is 15.4. The predicted octanol–water partition coefficient (Wildman–Crippen LogP) is 5.03. The molecule has 0 aliphatic heterocycles. The van der Waals surface area contributed by atoms with Crippen LogP contribution in [0.25, 0.3) is 0 Å². The molecule has 28 heavy (non-hydrogen) atoms. The molecule has 0 saturated heterocycles. The number of halogens is 1. The highest BCUT2D eigenvalue weighted by Gasteiger charge is 2.28. The number of hydrogen-bond acceptors (Lipinski definition) is 3. The lowest BCUT2D eigenvalue weighted by Gasteiger charge is -2.17. The number of hydrogen-bond donors (Lipinski definition) is 1. The highest BCUT2D eigenvalue weighted by atomic mass is 35.5. The Morgan fingerprint density at radius 3 is 2.43 bits per heavy atom. The van der Waals surface area contributed by atoms with Crippen LogP contribution in [-0.2, 0) is 11.2 Å². The molecule has 0 aromatic heterocycles. The first kappa shape index (κ1) is 19.6. The molecule has 0 aliphatic carbocycles. The number of ether oxygens (including phenoxy) is 1. The van der Waals surface area contributed by atoms with E-state index in [4.69, 9.17) is 16.3 Å². The Morgan fingerprint density at radius 2 is 1.71 bits per heavy atom. The van der Waals surface area contributed by atoms with Gasteiger partial charge in [-0.3, -0.25) is 9.59 Å². The molecule has 142 valence electrons. The van der Waals surface area contributed by atoms with E-state index in [2.05, 4.69) is 5.32 Å². The van der Waals surface area contributed by atoms with Crippen molar-refractivity contribution in [3.8, 4) is 5.75 Å². The second kappa shape index (κ2) is 9.20. The second-order valence-corrected chi connectivity index (χ2v) is 6.77. The van der Waals surface area contributed by atoms with E-state index in [0.717, 1.165) is 5.56 Å². The van der Waals surface area contributed by atoms with E-state index in [-0.39, 0.29) is 18.1 Å². The Kier molecular flexibility index (Phi) is 6.45. The molecule has 1 N–H and O–H groups in total. The minimum absolute atomic E-state index is 0.235. The molecule has 3 aromatic carbocycles. The molecule has 4 nitrogen and oxygen atoms in total. The van der Waals surface area contributed by atoms with Crippen molar-refractivity contribution in [3.05, 3.63) is 95.0 Å². The molecule has 0 radical (unpaired) electrons. The van der Waals surface area contributed by atoms with E-state index in [1.807, 2.05) is 18.2 Å². The Morgan fingerprint density at radius 1 is 0.964 bits per heavy atom. The molecule has 0 heterocycles. The van der Waals surface area contributed by atoms with Crippen molar-refractivity contribution in [2.45, 2.75) is 6.42 Å². The first-order chi connectivity index (χ1) is 13.6. The van der Waals surface area contributed by atoms with Crippen molar-refractivity contribution >= 4 is 29.0 Å². The summed E-state index contributed by atoms with van der Waals surface area (Å²) in [6.45, 7) is 0. The molecule has 0 bridgehead atoms. The molecular formula is C23H20ClNO3. The Hall–Kier alpha value is -3.11. The van der Waals surface area contributed by atoms with Crippen LogP contribution in [0.3, 0.4) is 0 Å². The molecule has 5 heteroatoms. The van der Waals surface area contributed by atoms with Crippen molar-refractivity contribution < 1.29 is 14.3 Å². The van der Waals surface area contributed by atoms with Crippen molar-refractivity contribution in [2.75, 3.05) is 12.4 Å². The summed E-state index contributed by atoms with van der Waals surface area (Å²) >= 11 is 6.07. The maximum atomic E-state index is 13.1. The number of anilines is 1. The molecule has 1 unspecified atom stereocenters. The fourth-order valence-corrected chi connectivity index (χ4v) is 3.15. The molecule has 1 atom stereocenters. The highest BCUT2D eigenvalue weighted by Crippen LogP contribution is 2.22. The van der Waals surface area contributed by atoms with Crippen LogP contribution < -0.4 is 10.1 Å². The summed E-state index contributed by atoms with van der Waals surface area (Å²) in [5, 5.41) is 3.40. The molecule has 0 fully saturated rings. The smallest absolute Gasteiger partial charge is 0.235 e. The zero-order valence-corrected chi connectivity index (χ0v) is 16.1. The normalized spacial score (nSPS) is 11.5. The van der Waals surface area contributed by atoms with Gasteiger partial charge in [0.15, 0.2) is 5.78 Å². The van der Waals surface area contributed by atoms with Gasteiger partial charge < -0.3 is 10.1 Å². The highest BCUT2D eigenvalue weighted by molar-refractivity contribution is 6.30.